The van der Waals surface area contributed by atoms with E-state index in [1.807, 2.05) is 21.1 Å². The summed E-state index contributed by atoms with van der Waals surface area (Å²) in [5.74, 6) is -0.135. The van der Waals surface area contributed by atoms with Crippen molar-refractivity contribution in [3.05, 3.63) is 12.2 Å². The number of allylic oxidation sites excluding steroid dienone is 2. The van der Waals surface area contributed by atoms with Gasteiger partial charge in [-0.3, -0.25) is 13.8 Å². The van der Waals surface area contributed by atoms with Crippen molar-refractivity contribution in [1.29, 1.82) is 0 Å². The number of nitrogens with zero attached hydrogens (tertiary/aromatic N) is 1. The summed E-state index contributed by atoms with van der Waals surface area (Å²) in [6.07, 6.45) is 80.4. The van der Waals surface area contributed by atoms with Gasteiger partial charge in [-0.2, -0.15) is 0 Å². The third-order valence-electron chi connectivity index (χ3n) is 17.0. The Kier molecular flexibility index (Phi) is 62.2. The zero-order valence-electron chi connectivity index (χ0n) is 54.9. The molecule has 0 spiro atoms. The number of unbranched alkanes of at least 4 members (excludes halogenated alkanes) is 53. The Morgan fingerprint density at radius 1 is 0.412 bits per heavy atom. The second kappa shape index (κ2) is 62.8. The van der Waals surface area contributed by atoms with Crippen LogP contribution in [0, 0.1) is 0 Å². The zero-order valence-corrected chi connectivity index (χ0v) is 55.8. The number of amides is 1. The Labute approximate surface area is 501 Å². The average molecular weight is 1150 g/mol. The Morgan fingerprint density at radius 2 is 0.675 bits per heavy atom. The Hall–Kier alpha value is -0.760. The molecule has 8 nitrogen and oxygen atoms in total. The summed E-state index contributed by atoms with van der Waals surface area (Å²) in [4.78, 5) is 23.5. The number of rotatable bonds is 68. The van der Waals surface area contributed by atoms with Gasteiger partial charge in [-0.25, -0.2) is 4.57 Å². The molecule has 0 aromatic rings. The molecule has 0 aromatic heterocycles. The first-order valence-corrected chi connectivity index (χ1v) is 37.5. The van der Waals surface area contributed by atoms with Gasteiger partial charge in [0.25, 0.3) is 0 Å². The van der Waals surface area contributed by atoms with Crippen LogP contribution in [0.25, 0.3) is 0 Å². The maximum atomic E-state index is 13.1. The van der Waals surface area contributed by atoms with Gasteiger partial charge < -0.3 is 19.8 Å². The van der Waals surface area contributed by atoms with Crippen molar-refractivity contribution in [3.63, 3.8) is 0 Å². The molecule has 0 aliphatic heterocycles. The summed E-state index contributed by atoms with van der Waals surface area (Å²) in [5, 5.41) is 14.2. The van der Waals surface area contributed by atoms with Crippen LogP contribution in [-0.2, 0) is 18.4 Å². The molecule has 3 N–H and O–H groups in total. The van der Waals surface area contributed by atoms with Crippen molar-refractivity contribution in [2.24, 2.45) is 0 Å². The summed E-state index contributed by atoms with van der Waals surface area (Å²) in [5.41, 5.74) is 0. The first-order chi connectivity index (χ1) is 39.0. The minimum Gasteiger partial charge on any atom is -0.391 e. The van der Waals surface area contributed by atoms with E-state index < -0.39 is 20.0 Å². The first kappa shape index (κ1) is 79.2. The molecule has 3 atom stereocenters. The van der Waals surface area contributed by atoms with Crippen molar-refractivity contribution < 1.29 is 32.9 Å². The van der Waals surface area contributed by atoms with Crippen LogP contribution < -0.4 is 5.32 Å². The van der Waals surface area contributed by atoms with Crippen LogP contribution in [0.1, 0.15) is 386 Å². The summed E-state index contributed by atoms with van der Waals surface area (Å²) >= 11 is 0. The molecule has 478 valence electrons. The molecule has 0 rings (SSSR count). The van der Waals surface area contributed by atoms with Gasteiger partial charge in [0.2, 0.25) is 5.91 Å². The standard InChI is InChI=1S/C71H143N2O6P/c1-6-8-10-12-14-16-18-20-22-24-26-28-30-32-34-35-36-37-39-40-42-44-46-48-50-52-54-56-58-60-62-64-70(74)69(68-79-80(76,77)78-67-66-73(3,4)5)72-71(75)65-63-61-59-57-55-53-51-49-47-45-43-41-38-33-31-29-27-25-23-21-19-17-15-13-11-9-7-2/h25,27,69-70,74H,6-24,26,28-68H2,1-5H3,(H-,72,75,76,77)/p+1/b27-25-. The van der Waals surface area contributed by atoms with E-state index in [1.165, 1.54) is 321 Å². The monoisotopic (exact) mass is 1150 g/mol. The van der Waals surface area contributed by atoms with Crippen molar-refractivity contribution in [2.45, 2.75) is 398 Å². The minimum atomic E-state index is -4.33. The number of phosphoric ester groups is 1. The molecule has 9 heteroatoms. The Bertz CT molecular complexity index is 1310. The van der Waals surface area contributed by atoms with Gasteiger partial charge in [0, 0.05) is 6.42 Å². The number of carbonyl (C=O) groups is 1. The molecule has 0 heterocycles. The van der Waals surface area contributed by atoms with Gasteiger partial charge in [-0.1, -0.05) is 353 Å². The van der Waals surface area contributed by atoms with Crippen molar-refractivity contribution in [2.75, 3.05) is 40.9 Å². The third kappa shape index (κ3) is 64.8. The molecule has 80 heavy (non-hydrogen) atoms. The quantitative estimate of drug-likeness (QED) is 0.0243. The summed E-state index contributed by atoms with van der Waals surface area (Å²) in [6.45, 7) is 4.96. The molecule has 0 aliphatic carbocycles. The Balaban J connectivity index is 3.98. The predicted octanol–water partition coefficient (Wildman–Crippen LogP) is 22.9. The van der Waals surface area contributed by atoms with Crippen molar-refractivity contribution >= 4 is 13.7 Å². The molecule has 0 saturated heterocycles. The number of hydrogen-bond acceptors (Lipinski definition) is 5. The van der Waals surface area contributed by atoms with Crippen LogP contribution in [0.2, 0.25) is 0 Å². The second-order valence-corrected chi connectivity index (χ2v) is 27.8. The highest BCUT2D eigenvalue weighted by Gasteiger charge is 2.28. The number of quaternary nitrogens is 1. The van der Waals surface area contributed by atoms with Crippen molar-refractivity contribution in [3.8, 4) is 0 Å². The van der Waals surface area contributed by atoms with Crippen LogP contribution in [0.15, 0.2) is 12.2 Å². The van der Waals surface area contributed by atoms with E-state index in [9.17, 15) is 19.4 Å². The fourth-order valence-corrected chi connectivity index (χ4v) is 12.1. The molecular weight excluding hydrogens is 1010 g/mol. The fourth-order valence-electron chi connectivity index (χ4n) is 11.4. The highest BCUT2D eigenvalue weighted by molar-refractivity contribution is 7.47. The zero-order chi connectivity index (χ0) is 58.4. The number of aliphatic hydroxyl groups excluding tert-OH is 1. The summed E-state index contributed by atoms with van der Waals surface area (Å²) < 4.78 is 23.9. The van der Waals surface area contributed by atoms with Gasteiger partial charge >= 0.3 is 7.82 Å². The highest BCUT2D eigenvalue weighted by atomic mass is 31.2. The predicted molar refractivity (Wildman–Crippen MR) is 351 cm³/mol. The molecule has 0 aromatic carbocycles. The lowest BCUT2D eigenvalue weighted by Gasteiger charge is -2.26. The lowest BCUT2D eigenvalue weighted by molar-refractivity contribution is -0.870. The van der Waals surface area contributed by atoms with Crippen LogP contribution in [0.5, 0.6) is 0 Å². The number of nitrogens with one attached hydrogen (secondary N) is 1. The van der Waals surface area contributed by atoms with Gasteiger partial charge in [-0.15, -0.1) is 0 Å². The molecule has 3 unspecified atom stereocenters. The maximum absolute atomic E-state index is 13.1. The fraction of sp³-hybridized carbons (Fsp3) is 0.958. The molecule has 1 amide bonds. The lowest BCUT2D eigenvalue weighted by atomic mass is 10.0. The van der Waals surface area contributed by atoms with E-state index in [0.29, 0.717) is 23.9 Å². The number of aliphatic hydroxyl groups is 1. The van der Waals surface area contributed by atoms with E-state index in [4.69, 9.17) is 9.05 Å². The normalized spacial score (nSPS) is 13.6. The van der Waals surface area contributed by atoms with Crippen LogP contribution in [0.3, 0.4) is 0 Å². The molecule has 0 aliphatic rings. The van der Waals surface area contributed by atoms with Gasteiger partial charge in [0.1, 0.15) is 13.2 Å². The van der Waals surface area contributed by atoms with Crippen molar-refractivity contribution in [1.82, 2.24) is 5.32 Å². The lowest BCUT2D eigenvalue weighted by Crippen LogP contribution is -2.46. The smallest absolute Gasteiger partial charge is 0.391 e. The van der Waals surface area contributed by atoms with Gasteiger partial charge in [0.05, 0.1) is 39.9 Å². The van der Waals surface area contributed by atoms with Crippen LogP contribution >= 0.6 is 7.82 Å². The molecule has 0 radical (unpaired) electrons. The van der Waals surface area contributed by atoms with E-state index in [0.717, 1.165) is 38.5 Å². The Morgan fingerprint density at radius 3 is 0.963 bits per heavy atom. The largest absolute Gasteiger partial charge is 0.472 e. The molecule has 0 saturated carbocycles. The summed E-state index contributed by atoms with van der Waals surface area (Å²) in [6, 6.07) is -0.759. The number of hydrogen-bond donors (Lipinski definition) is 3. The second-order valence-electron chi connectivity index (χ2n) is 26.3. The van der Waals surface area contributed by atoms with Gasteiger partial charge in [-0.05, 0) is 38.5 Å². The van der Waals surface area contributed by atoms with E-state index in [-0.39, 0.29) is 19.1 Å². The highest BCUT2D eigenvalue weighted by Crippen LogP contribution is 2.43. The van der Waals surface area contributed by atoms with E-state index >= 15 is 0 Å². The summed E-state index contributed by atoms with van der Waals surface area (Å²) in [7, 11) is 1.64. The van der Waals surface area contributed by atoms with Gasteiger partial charge in [0.15, 0.2) is 0 Å². The van der Waals surface area contributed by atoms with E-state index in [2.05, 4.69) is 31.3 Å². The van der Waals surface area contributed by atoms with Crippen LogP contribution in [-0.4, -0.2) is 73.4 Å². The number of phosphoric acid groups is 1. The topological polar surface area (TPSA) is 105 Å². The van der Waals surface area contributed by atoms with Crippen LogP contribution in [0.4, 0.5) is 0 Å². The first-order valence-electron chi connectivity index (χ1n) is 36.1. The molecule has 0 fully saturated rings. The SMILES string of the molecule is CCCCCCCCCC/C=C\CCCCCCCCCCCCCCCCCC(=O)NC(COP(=O)(O)OCC[N+](C)(C)C)C(O)CCCCCCCCCCCCCCCCCCCCCCCCCCCCCCCCC. The number of likely N-dealkylation sites (N-methyl/N-ethyl adjacent to an activating group) is 1. The van der Waals surface area contributed by atoms with E-state index in [1.54, 1.807) is 0 Å². The molecule has 0 bridgehead atoms. The number of carbonyl (C=O) groups excluding carboxylic acids is 1. The average Bonchev–Trinajstić information content (AvgIpc) is 3.42. The maximum Gasteiger partial charge on any atom is 0.472 e. The third-order valence-corrected chi connectivity index (χ3v) is 18.0. The minimum absolute atomic E-state index is 0.0781. The molecular formula is C71H144N2O6P+.